The van der Waals surface area contributed by atoms with Gasteiger partial charge >= 0.3 is 0 Å². The molecular weight excluding hydrogens is 394 g/mol. The molecule has 1 saturated carbocycles. The molecule has 3 fully saturated rings. The van der Waals surface area contributed by atoms with E-state index in [9.17, 15) is 14.4 Å². The minimum Gasteiger partial charge on any atom is -0.322 e. The number of carbonyl (C=O) groups excluding carboxylic acids is 3. The van der Waals surface area contributed by atoms with Crippen LogP contribution in [0.1, 0.15) is 53.6 Å². The molecule has 5 rings (SSSR count). The molecule has 3 N–H and O–H groups in total. The van der Waals surface area contributed by atoms with Crippen molar-refractivity contribution < 1.29 is 14.4 Å². The molecule has 3 atom stereocenters. The maximum absolute atomic E-state index is 13.3. The zero-order valence-electron chi connectivity index (χ0n) is 17.9. The molecule has 1 unspecified atom stereocenters. The minimum absolute atomic E-state index is 0.0908. The number of piperidine rings is 1. The number of rotatable bonds is 5. The van der Waals surface area contributed by atoms with E-state index in [1.165, 1.54) is 19.3 Å². The van der Waals surface area contributed by atoms with Gasteiger partial charge in [0, 0.05) is 63.3 Å². The van der Waals surface area contributed by atoms with Crippen LogP contribution >= 0.6 is 0 Å². The molecule has 3 amide bonds. The topological polar surface area (TPSA) is 93.8 Å². The quantitative estimate of drug-likeness (QED) is 0.590. The Morgan fingerprint density at radius 3 is 2.71 bits per heavy atom. The average molecular weight is 426 g/mol. The number of hydrogen-bond acceptors (Lipinski definition) is 6. The van der Waals surface area contributed by atoms with Gasteiger partial charge in [-0.25, -0.2) is 0 Å². The first-order valence-electron chi connectivity index (χ1n) is 11.6. The normalized spacial score (nSPS) is 29.4. The fourth-order valence-electron chi connectivity index (χ4n) is 5.71. The van der Waals surface area contributed by atoms with Crippen LogP contribution in [0.4, 0.5) is 0 Å². The minimum atomic E-state index is -0.565. The van der Waals surface area contributed by atoms with Crippen molar-refractivity contribution in [2.75, 3.05) is 26.2 Å². The number of benzene rings is 1. The highest BCUT2D eigenvalue weighted by molar-refractivity contribution is 6.05. The molecule has 0 aromatic heterocycles. The van der Waals surface area contributed by atoms with Crippen molar-refractivity contribution in [3.63, 3.8) is 0 Å². The molecular formula is C23H31N5O3. The highest BCUT2D eigenvalue weighted by Crippen LogP contribution is 2.31. The van der Waals surface area contributed by atoms with Gasteiger partial charge in [0.2, 0.25) is 11.8 Å². The second-order valence-corrected chi connectivity index (χ2v) is 9.12. The van der Waals surface area contributed by atoms with Gasteiger partial charge in [0.25, 0.3) is 5.91 Å². The van der Waals surface area contributed by atoms with E-state index in [-0.39, 0.29) is 24.1 Å². The van der Waals surface area contributed by atoms with Gasteiger partial charge in [0.05, 0.1) is 0 Å². The summed E-state index contributed by atoms with van der Waals surface area (Å²) < 4.78 is 0. The van der Waals surface area contributed by atoms with Crippen molar-refractivity contribution in [2.24, 2.45) is 0 Å². The van der Waals surface area contributed by atoms with Crippen LogP contribution in [-0.4, -0.2) is 71.8 Å². The van der Waals surface area contributed by atoms with Crippen LogP contribution in [0.5, 0.6) is 0 Å². The van der Waals surface area contributed by atoms with Gasteiger partial charge < -0.3 is 15.5 Å². The maximum atomic E-state index is 13.3. The molecule has 1 aromatic rings. The van der Waals surface area contributed by atoms with Crippen molar-refractivity contribution in [3.8, 4) is 0 Å². The Balaban J connectivity index is 1.28. The van der Waals surface area contributed by atoms with Crippen LogP contribution < -0.4 is 16.0 Å². The molecule has 3 heterocycles. The molecule has 1 aliphatic carbocycles. The number of imide groups is 1. The second-order valence-electron chi connectivity index (χ2n) is 9.12. The van der Waals surface area contributed by atoms with E-state index in [1.54, 1.807) is 4.90 Å². The lowest BCUT2D eigenvalue weighted by molar-refractivity contribution is -0.136. The molecule has 4 aliphatic rings. The molecule has 8 nitrogen and oxygen atoms in total. The summed E-state index contributed by atoms with van der Waals surface area (Å²) >= 11 is 0. The lowest BCUT2D eigenvalue weighted by Gasteiger charge is -2.36. The first-order valence-corrected chi connectivity index (χ1v) is 11.6. The van der Waals surface area contributed by atoms with Gasteiger partial charge in [-0.3, -0.25) is 24.6 Å². The number of fused-ring (bicyclic) bond motifs is 1. The number of nitrogens with zero attached hydrogens (tertiary/aromatic N) is 2. The number of hydrogen-bond donors (Lipinski definition) is 3. The van der Waals surface area contributed by atoms with Crippen LogP contribution in [0.2, 0.25) is 0 Å². The van der Waals surface area contributed by atoms with Crippen LogP contribution in [0.3, 0.4) is 0 Å². The molecule has 3 aliphatic heterocycles. The van der Waals surface area contributed by atoms with Gasteiger partial charge in [-0.05, 0) is 30.4 Å². The van der Waals surface area contributed by atoms with Crippen LogP contribution in [0, 0.1) is 0 Å². The lowest BCUT2D eigenvalue weighted by atomic mass is 10.0. The molecule has 31 heavy (non-hydrogen) atoms. The molecule has 0 radical (unpaired) electrons. The van der Waals surface area contributed by atoms with Crippen LogP contribution in [0.15, 0.2) is 18.2 Å². The number of piperazine rings is 1. The Hall–Kier alpha value is -2.29. The van der Waals surface area contributed by atoms with E-state index < -0.39 is 6.04 Å². The zero-order valence-corrected chi connectivity index (χ0v) is 17.9. The average Bonchev–Trinajstić information content (AvgIpc) is 3.38. The summed E-state index contributed by atoms with van der Waals surface area (Å²) in [7, 11) is 0. The summed E-state index contributed by atoms with van der Waals surface area (Å²) in [6.07, 6.45) is 4.31. The Kier molecular flexibility index (Phi) is 5.77. The van der Waals surface area contributed by atoms with Crippen molar-refractivity contribution in [1.82, 2.24) is 25.8 Å². The van der Waals surface area contributed by atoms with Crippen molar-refractivity contribution in [1.29, 1.82) is 0 Å². The number of amides is 3. The van der Waals surface area contributed by atoms with Gasteiger partial charge in [-0.2, -0.15) is 0 Å². The second kappa shape index (κ2) is 8.68. The van der Waals surface area contributed by atoms with Crippen molar-refractivity contribution >= 4 is 17.7 Å². The largest absolute Gasteiger partial charge is 0.322 e. The molecule has 0 spiro atoms. The molecule has 166 valence electrons. The Labute approximate surface area is 182 Å². The van der Waals surface area contributed by atoms with E-state index in [4.69, 9.17) is 0 Å². The summed E-state index contributed by atoms with van der Waals surface area (Å²) in [5.74, 6) is -0.709. The Morgan fingerprint density at radius 2 is 1.90 bits per heavy atom. The van der Waals surface area contributed by atoms with E-state index in [0.717, 1.165) is 42.9 Å². The smallest absolute Gasteiger partial charge is 0.255 e. The zero-order chi connectivity index (χ0) is 21.4. The van der Waals surface area contributed by atoms with E-state index in [2.05, 4.69) is 20.9 Å². The summed E-state index contributed by atoms with van der Waals surface area (Å²) in [5, 5.41) is 9.55. The van der Waals surface area contributed by atoms with Gasteiger partial charge in [-0.1, -0.05) is 24.6 Å². The predicted molar refractivity (Wildman–Crippen MR) is 115 cm³/mol. The molecule has 2 saturated heterocycles. The van der Waals surface area contributed by atoms with Gasteiger partial charge in [0.1, 0.15) is 6.04 Å². The Morgan fingerprint density at radius 1 is 1.06 bits per heavy atom. The van der Waals surface area contributed by atoms with E-state index in [0.29, 0.717) is 31.6 Å². The lowest BCUT2D eigenvalue weighted by Crippen LogP contribution is -2.53. The van der Waals surface area contributed by atoms with E-state index >= 15 is 0 Å². The first-order chi connectivity index (χ1) is 15.1. The third-order valence-corrected chi connectivity index (χ3v) is 7.29. The first kappa shape index (κ1) is 20.6. The van der Waals surface area contributed by atoms with Crippen molar-refractivity contribution in [3.05, 3.63) is 34.9 Å². The maximum Gasteiger partial charge on any atom is 0.255 e. The molecule has 0 bridgehead atoms. The van der Waals surface area contributed by atoms with Crippen LogP contribution in [0.25, 0.3) is 0 Å². The monoisotopic (exact) mass is 425 g/mol. The van der Waals surface area contributed by atoms with E-state index in [1.807, 2.05) is 18.2 Å². The van der Waals surface area contributed by atoms with Crippen molar-refractivity contribution in [2.45, 2.75) is 63.3 Å². The standard InChI is InChI=1S/C23H31N5O3/c29-20-8-7-19(22(30)26-20)28-14-16-4-1-3-15(21(16)23(28)31)13-25-17-5-2-6-18(17)27-11-9-24-10-12-27/h1,3-4,17-19,24-25H,2,5-14H2,(H,26,29,30)/t17-,18+,19?/m1/s1. The third kappa shape index (κ3) is 4.00. The summed E-state index contributed by atoms with van der Waals surface area (Å²) in [5.41, 5.74) is 2.71. The Bertz CT molecular complexity index is 882. The number of carbonyl (C=O) groups is 3. The fourth-order valence-corrected chi connectivity index (χ4v) is 5.71. The van der Waals surface area contributed by atoms with Gasteiger partial charge in [-0.15, -0.1) is 0 Å². The predicted octanol–water partition coefficient (Wildman–Crippen LogP) is 0.364. The fraction of sp³-hybridized carbons (Fsp3) is 0.609. The van der Waals surface area contributed by atoms with Gasteiger partial charge in [0.15, 0.2) is 0 Å². The van der Waals surface area contributed by atoms with Crippen LogP contribution in [-0.2, 0) is 22.7 Å². The molecule has 1 aromatic carbocycles. The third-order valence-electron chi connectivity index (χ3n) is 7.29. The SMILES string of the molecule is O=C1CCC(N2Cc3cccc(CN[C@@H]4CCC[C@@H]4N4CCNCC4)c3C2=O)C(=O)N1. The summed E-state index contributed by atoms with van der Waals surface area (Å²) in [6.45, 7) is 5.40. The summed E-state index contributed by atoms with van der Waals surface area (Å²) in [6, 6.07) is 6.44. The molecule has 8 heteroatoms. The summed E-state index contributed by atoms with van der Waals surface area (Å²) in [4.78, 5) is 41.3. The highest BCUT2D eigenvalue weighted by Gasteiger charge is 2.40. The highest BCUT2D eigenvalue weighted by atomic mass is 16.2. The number of nitrogens with one attached hydrogen (secondary N) is 3.